The Morgan fingerprint density at radius 3 is 1.09 bits per heavy atom. The summed E-state index contributed by atoms with van der Waals surface area (Å²) in [4.78, 5) is 40.2. The van der Waals surface area contributed by atoms with Crippen LogP contribution in [0.15, 0.2) is 85.1 Å². The van der Waals surface area contributed by atoms with Crippen LogP contribution in [0.25, 0.3) is 0 Å². The summed E-state index contributed by atoms with van der Waals surface area (Å²) in [5.41, 5.74) is 0. The third-order valence-electron chi connectivity index (χ3n) is 16.6. The van der Waals surface area contributed by atoms with E-state index < -0.39 is 26.6 Å². The molecule has 0 fully saturated rings. The van der Waals surface area contributed by atoms with Gasteiger partial charge in [0, 0.05) is 12.8 Å². The van der Waals surface area contributed by atoms with Crippen molar-refractivity contribution in [3.63, 3.8) is 0 Å². The lowest BCUT2D eigenvalue weighted by Gasteiger charge is -2.30. The van der Waals surface area contributed by atoms with Crippen LogP contribution in [-0.2, 0) is 27.9 Å². The number of phosphoric ester groups is 1. The second-order valence-electron chi connectivity index (χ2n) is 26.4. The van der Waals surface area contributed by atoms with Gasteiger partial charge in [-0.3, -0.25) is 14.2 Å². The molecule has 0 aliphatic heterocycles. The molecule has 0 aliphatic rings. The molecule has 0 saturated heterocycles. The zero-order chi connectivity index (χ0) is 64.2. The number of hydrogen-bond acceptors (Lipinski definition) is 7. The summed E-state index contributed by atoms with van der Waals surface area (Å²) in [5, 5.41) is 3.03. The molecule has 1 amide bonds. The fraction of sp³-hybridized carbons (Fsp3) is 0.795. The topological polar surface area (TPSA) is 114 Å². The highest BCUT2D eigenvalue weighted by Crippen LogP contribution is 2.38. The Bertz CT molecular complexity index is 1780. The highest BCUT2D eigenvalue weighted by atomic mass is 31.2. The van der Waals surface area contributed by atoms with Crippen molar-refractivity contribution in [1.82, 2.24) is 5.32 Å². The Balaban J connectivity index is 5.03. The smallest absolute Gasteiger partial charge is 0.306 e. The summed E-state index contributed by atoms with van der Waals surface area (Å²) < 4.78 is 30.5. The van der Waals surface area contributed by atoms with Gasteiger partial charge in [-0.05, 0) is 83.1 Å². The molecule has 0 rings (SSSR count). The van der Waals surface area contributed by atoms with Gasteiger partial charge < -0.3 is 28.5 Å². The first-order valence-electron chi connectivity index (χ1n) is 37.4. The molecule has 3 unspecified atom stereocenters. The molecule has 0 radical (unpaired) electrons. The number of nitrogens with zero attached hydrogens (tertiary/aromatic N) is 1. The Hall–Kier alpha value is -2.81. The zero-order valence-corrected chi connectivity index (χ0v) is 59.6. The van der Waals surface area contributed by atoms with E-state index in [9.17, 15) is 19.0 Å². The fourth-order valence-corrected chi connectivity index (χ4v) is 11.6. The number of phosphoric acid groups is 1. The number of amides is 1. The number of quaternary nitrogens is 1. The first-order chi connectivity index (χ1) is 42.9. The predicted octanol–water partition coefficient (Wildman–Crippen LogP) is 23.4. The Kier molecular flexibility index (Phi) is 64.9. The number of nitrogens with one attached hydrogen (secondary N) is 1. The van der Waals surface area contributed by atoms with Crippen LogP contribution in [0.1, 0.15) is 348 Å². The van der Waals surface area contributed by atoms with E-state index in [0.29, 0.717) is 17.4 Å². The minimum absolute atomic E-state index is 0.0295. The standard InChI is InChI=1S/C78H143N2O7P/c1-7-10-13-16-19-22-25-28-30-32-34-36-38-39-40-41-43-45-47-49-51-53-56-59-62-65-68-71-78(82)87-76(69-66-63-60-57-54-27-24-21-18-15-12-9-3)75(74-86-88(83,84)85-73-72-80(4,5)6)79-77(81)70-67-64-61-58-55-52-50-48-46-44-42-37-35-33-31-29-26-23-20-17-14-11-8-2/h11,14,20,23,29,31,35,37,44,46,50,52,66,69,75-76H,7-10,12-13,15-19,21-22,24-28,30,32-34,36,38-43,45,47-49,51,53-65,67-68,70-74H2,1-6H3,(H-,79,81,83,84)/b14-11-,23-20-,31-29-,37-35-,46-44-,52-50-,69-66+. The van der Waals surface area contributed by atoms with Crippen LogP contribution in [0, 0.1) is 0 Å². The van der Waals surface area contributed by atoms with Crippen molar-refractivity contribution in [2.24, 2.45) is 0 Å². The molecule has 0 aromatic heterocycles. The van der Waals surface area contributed by atoms with Gasteiger partial charge in [-0.1, -0.05) is 337 Å². The number of ether oxygens (including phenoxy) is 1. The van der Waals surface area contributed by atoms with Crippen LogP contribution < -0.4 is 10.2 Å². The second-order valence-corrected chi connectivity index (χ2v) is 27.8. The number of rotatable bonds is 68. The highest BCUT2D eigenvalue weighted by molar-refractivity contribution is 7.45. The van der Waals surface area contributed by atoms with Gasteiger partial charge in [-0.15, -0.1) is 0 Å². The van der Waals surface area contributed by atoms with Gasteiger partial charge in [-0.2, -0.15) is 0 Å². The van der Waals surface area contributed by atoms with Crippen molar-refractivity contribution in [2.75, 3.05) is 40.9 Å². The Morgan fingerprint density at radius 2 is 0.727 bits per heavy atom. The van der Waals surface area contributed by atoms with Crippen molar-refractivity contribution < 1.29 is 37.3 Å². The number of hydrogen-bond donors (Lipinski definition) is 1. The molecule has 0 aliphatic carbocycles. The van der Waals surface area contributed by atoms with Crippen LogP contribution in [0.5, 0.6) is 0 Å². The third kappa shape index (κ3) is 67.6. The summed E-state index contributed by atoms with van der Waals surface area (Å²) in [6.07, 6.45) is 90.1. The normalized spacial score (nSPS) is 13.9. The molecule has 512 valence electrons. The number of likely N-dealkylation sites (N-methyl/N-ethyl adjacent to an activating group) is 1. The number of esters is 1. The van der Waals surface area contributed by atoms with Crippen molar-refractivity contribution in [2.45, 2.75) is 360 Å². The maximum Gasteiger partial charge on any atom is 0.306 e. The first kappa shape index (κ1) is 85.2. The van der Waals surface area contributed by atoms with Crippen LogP contribution in [0.3, 0.4) is 0 Å². The molecule has 0 heterocycles. The van der Waals surface area contributed by atoms with Gasteiger partial charge in [0.2, 0.25) is 5.91 Å². The van der Waals surface area contributed by atoms with E-state index in [0.717, 1.165) is 103 Å². The van der Waals surface area contributed by atoms with Crippen LogP contribution >= 0.6 is 7.82 Å². The van der Waals surface area contributed by atoms with Gasteiger partial charge in [-0.25, -0.2) is 0 Å². The second kappa shape index (κ2) is 67.1. The summed E-state index contributed by atoms with van der Waals surface area (Å²) >= 11 is 0. The summed E-state index contributed by atoms with van der Waals surface area (Å²) in [6.45, 7) is 6.75. The highest BCUT2D eigenvalue weighted by Gasteiger charge is 2.27. The van der Waals surface area contributed by atoms with Gasteiger partial charge in [0.05, 0.1) is 33.8 Å². The van der Waals surface area contributed by atoms with E-state index in [1.807, 2.05) is 33.3 Å². The van der Waals surface area contributed by atoms with Crippen LogP contribution in [0.2, 0.25) is 0 Å². The van der Waals surface area contributed by atoms with Crippen molar-refractivity contribution in [3.8, 4) is 0 Å². The quantitative estimate of drug-likeness (QED) is 0.0212. The predicted molar refractivity (Wildman–Crippen MR) is 381 cm³/mol. The molecule has 88 heavy (non-hydrogen) atoms. The molecule has 0 bridgehead atoms. The van der Waals surface area contributed by atoms with E-state index in [2.05, 4.69) is 99.0 Å². The molecule has 3 atom stereocenters. The molecule has 10 heteroatoms. The molecule has 1 N–H and O–H groups in total. The number of unbranched alkanes of at least 4 members (excludes halogenated alkanes) is 40. The van der Waals surface area contributed by atoms with Crippen LogP contribution in [-0.4, -0.2) is 69.4 Å². The maximum absolute atomic E-state index is 13.6. The van der Waals surface area contributed by atoms with E-state index in [-0.39, 0.29) is 31.3 Å². The maximum atomic E-state index is 13.6. The lowest BCUT2D eigenvalue weighted by Crippen LogP contribution is -2.47. The van der Waals surface area contributed by atoms with Gasteiger partial charge >= 0.3 is 5.97 Å². The molecular weight excluding hydrogens is 1110 g/mol. The van der Waals surface area contributed by atoms with Crippen molar-refractivity contribution in [1.29, 1.82) is 0 Å². The van der Waals surface area contributed by atoms with Gasteiger partial charge in [0.25, 0.3) is 7.82 Å². The Morgan fingerprint density at radius 1 is 0.409 bits per heavy atom. The first-order valence-corrected chi connectivity index (χ1v) is 38.9. The summed E-state index contributed by atoms with van der Waals surface area (Å²) in [5.74, 6) is -0.559. The number of allylic oxidation sites excluding steroid dienone is 13. The molecule has 0 aromatic rings. The number of carbonyl (C=O) groups excluding carboxylic acids is 2. The zero-order valence-electron chi connectivity index (χ0n) is 58.7. The SMILES string of the molecule is CC/C=C\C/C=C\C/C=C\C/C=C\C/C=C\C/C=C\CCCCCCC(=O)NC(COP(=O)([O-])OCC[N+](C)(C)C)C(/C=C/CCCCCCCCCCCC)OC(=O)CCCCCCCCCCCCCCCCCCCCCCCCCCCCC. The molecule has 9 nitrogen and oxygen atoms in total. The average Bonchev–Trinajstić information content (AvgIpc) is 3.53. The van der Waals surface area contributed by atoms with E-state index in [4.69, 9.17) is 13.8 Å². The lowest BCUT2D eigenvalue weighted by molar-refractivity contribution is -0.870. The summed E-state index contributed by atoms with van der Waals surface area (Å²) in [7, 11) is 1.17. The fourth-order valence-electron chi connectivity index (χ4n) is 10.9. The van der Waals surface area contributed by atoms with Crippen LogP contribution in [0.4, 0.5) is 0 Å². The van der Waals surface area contributed by atoms with Gasteiger partial charge in [0.15, 0.2) is 0 Å². The minimum atomic E-state index is -4.72. The number of carbonyl (C=O) groups is 2. The largest absolute Gasteiger partial charge is 0.756 e. The van der Waals surface area contributed by atoms with E-state index in [1.54, 1.807) is 0 Å². The minimum Gasteiger partial charge on any atom is -0.756 e. The average molecular weight is 1250 g/mol. The Labute approximate surface area is 546 Å². The molecule has 0 saturated carbocycles. The van der Waals surface area contributed by atoms with Gasteiger partial charge in [0.1, 0.15) is 19.3 Å². The van der Waals surface area contributed by atoms with E-state index in [1.165, 1.54) is 205 Å². The van der Waals surface area contributed by atoms with Crippen molar-refractivity contribution >= 4 is 19.7 Å². The monoisotopic (exact) mass is 1250 g/mol. The molecule has 0 aromatic carbocycles. The van der Waals surface area contributed by atoms with E-state index >= 15 is 0 Å². The lowest BCUT2D eigenvalue weighted by atomic mass is 10.0. The molecule has 0 spiro atoms. The third-order valence-corrected chi connectivity index (χ3v) is 17.6. The van der Waals surface area contributed by atoms with Crippen molar-refractivity contribution in [3.05, 3.63) is 85.1 Å². The summed E-state index contributed by atoms with van der Waals surface area (Å²) in [6, 6.07) is -0.906. The molecular formula is C78H143N2O7P.